The number of rotatable bonds is 5. The van der Waals surface area contributed by atoms with Gasteiger partial charge in [-0.15, -0.1) is 0 Å². The quantitative estimate of drug-likeness (QED) is 0.651. The van der Waals surface area contributed by atoms with Crippen LogP contribution < -0.4 is 4.90 Å². The van der Waals surface area contributed by atoms with Crippen LogP contribution in [0, 0.1) is 11.8 Å². The molecule has 0 spiro atoms. The summed E-state index contributed by atoms with van der Waals surface area (Å²) in [7, 11) is 0. The van der Waals surface area contributed by atoms with E-state index in [1.165, 1.54) is 12.8 Å². The number of anilines is 1. The number of carbonyl (C=O) groups excluding carboxylic acids is 1. The third-order valence-electron chi connectivity index (χ3n) is 6.40. The maximum atomic E-state index is 13.2. The zero-order chi connectivity index (χ0) is 19.5. The summed E-state index contributed by atoms with van der Waals surface area (Å²) < 4.78 is 0. The summed E-state index contributed by atoms with van der Waals surface area (Å²) >= 11 is 6.27. The fourth-order valence-electron chi connectivity index (χ4n) is 4.65. The average Bonchev–Trinajstić information content (AvgIpc) is 3.65. The molecule has 0 aromatic carbocycles. The first-order chi connectivity index (χ1) is 14.2. The molecule has 3 aromatic heterocycles. The molecule has 1 N–H and O–H groups in total. The van der Waals surface area contributed by atoms with Crippen LogP contribution in [0.5, 0.6) is 0 Å². The van der Waals surface area contributed by atoms with Gasteiger partial charge >= 0.3 is 0 Å². The Hall–Kier alpha value is -2.73. The molecule has 1 amide bonds. The van der Waals surface area contributed by atoms with Crippen molar-refractivity contribution in [3.8, 4) is 11.3 Å². The molecule has 6 nitrogen and oxygen atoms in total. The predicted octanol–water partition coefficient (Wildman–Crippen LogP) is 3.99. The lowest BCUT2D eigenvalue weighted by Crippen LogP contribution is -2.32. The number of hydrogen-bond acceptors (Lipinski definition) is 4. The smallest absolute Gasteiger partial charge is 0.232 e. The van der Waals surface area contributed by atoms with E-state index in [0.29, 0.717) is 17.0 Å². The number of pyridine rings is 2. The van der Waals surface area contributed by atoms with E-state index in [1.807, 2.05) is 29.3 Å². The Morgan fingerprint density at radius 3 is 2.83 bits per heavy atom. The normalized spacial score (nSPS) is 25.3. The van der Waals surface area contributed by atoms with Crippen LogP contribution in [-0.2, 0) is 11.2 Å². The van der Waals surface area contributed by atoms with Crippen LogP contribution >= 0.6 is 11.6 Å². The number of carbonyl (C=O) groups is 1. The van der Waals surface area contributed by atoms with Crippen molar-refractivity contribution in [1.29, 1.82) is 0 Å². The molecule has 3 unspecified atom stereocenters. The number of nitrogens with zero attached hydrogens (tertiary/aromatic N) is 4. The summed E-state index contributed by atoms with van der Waals surface area (Å²) in [5.74, 6) is 1.93. The summed E-state index contributed by atoms with van der Waals surface area (Å²) in [6.07, 6.45) is 9.47. The summed E-state index contributed by atoms with van der Waals surface area (Å²) in [6.45, 7) is 0. The van der Waals surface area contributed by atoms with Crippen LogP contribution in [0.3, 0.4) is 0 Å². The minimum Gasteiger partial charge on any atom is -0.293 e. The topological polar surface area (TPSA) is 74.8 Å². The highest BCUT2D eigenvalue weighted by molar-refractivity contribution is 6.30. The molecule has 0 radical (unpaired) electrons. The summed E-state index contributed by atoms with van der Waals surface area (Å²) in [5, 5.41) is 8.08. The van der Waals surface area contributed by atoms with Crippen LogP contribution in [0.15, 0.2) is 42.9 Å². The Morgan fingerprint density at radius 2 is 2.03 bits per heavy atom. The second kappa shape index (κ2) is 6.39. The molecule has 4 heterocycles. The number of nitrogens with one attached hydrogen (secondary N) is 1. The number of aromatic amines is 1. The van der Waals surface area contributed by atoms with Gasteiger partial charge in [-0.25, -0.2) is 4.98 Å². The molecule has 7 heteroatoms. The van der Waals surface area contributed by atoms with Gasteiger partial charge in [0.15, 0.2) is 0 Å². The van der Waals surface area contributed by atoms with Crippen LogP contribution in [0.25, 0.3) is 11.3 Å². The number of halogens is 1. The first-order valence-corrected chi connectivity index (χ1v) is 10.5. The number of H-pyrrole nitrogens is 1. The number of fused-ring (bicyclic) bond motifs is 1. The minimum absolute atomic E-state index is 0.00250. The largest absolute Gasteiger partial charge is 0.293 e. The summed E-state index contributed by atoms with van der Waals surface area (Å²) in [5.41, 5.74) is 4.07. The number of hydrogen-bond donors (Lipinski definition) is 1. The predicted molar refractivity (Wildman–Crippen MR) is 110 cm³/mol. The summed E-state index contributed by atoms with van der Waals surface area (Å²) in [4.78, 5) is 23.6. The molecule has 2 saturated carbocycles. The van der Waals surface area contributed by atoms with Gasteiger partial charge in [0, 0.05) is 42.2 Å². The molecule has 3 fully saturated rings. The van der Waals surface area contributed by atoms with E-state index in [1.54, 1.807) is 12.4 Å². The Balaban J connectivity index is 1.23. The monoisotopic (exact) mass is 405 g/mol. The Bertz CT molecular complexity index is 1090. The Morgan fingerprint density at radius 1 is 1.21 bits per heavy atom. The van der Waals surface area contributed by atoms with Gasteiger partial charge in [-0.2, -0.15) is 5.10 Å². The van der Waals surface area contributed by atoms with E-state index in [0.717, 1.165) is 41.0 Å². The van der Waals surface area contributed by atoms with E-state index in [4.69, 9.17) is 11.6 Å². The highest BCUT2D eigenvalue weighted by Crippen LogP contribution is 2.52. The maximum absolute atomic E-state index is 13.2. The van der Waals surface area contributed by atoms with Gasteiger partial charge in [0.2, 0.25) is 5.91 Å². The van der Waals surface area contributed by atoms with Crippen LogP contribution in [0.4, 0.5) is 5.82 Å². The number of amides is 1. The fraction of sp³-hybridized carbons (Fsp3) is 0.364. The van der Waals surface area contributed by atoms with Crippen LogP contribution in [0.2, 0.25) is 5.15 Å². The van der Waals surface area contributed by atoms with E-state index in [2.05, 4.69) is 26.2 Å². The molecule has 1 saturated heterocycles. The lowest BCUT2D eigenvalue weighted by molar-refractivity contribution is -0.121. The van der Waals surface area contributed by atoms with Crippen molar-refractivity contribution in [3.05, 3.63) is 59.1 Å². The van der Waals surface area contributed by atoms with Crippen molar-refractivity contribution in [2.24, 2.45) is 11.8 Å². The van der Waals surface area contributed by atoms with Gasteiger partial charge in [0.05, 0.1) is 5.69 Å². The molecule has 6 rings (SSSR count). The Labute approximate surface area is 173 Å². The number of piperidine rings is 1. The van der Waals surface area contributed by atoms with Crippen molar-refractivity contribution in [2.45, 2.75) is 37.6 Å². The molecule has 29 heavy (non-hydrogen) atoms. The van der Waals surface area contributed by atoms with E-state index in [-0.39, 0.29) is 17.9 Å². The molecular formula is C22H20ClN5O. The molecule has 146 valence electrons. The van der Waals surface area contributed by atoms with Crippen molar-refractivity contribution >= 4 is 23.3 Å². The van der Waals surface area contributed by atoms with E-state index in [9.17, 15) is 4.79 Å². The second-order valence-electron chi connectivity index (χ2n) is 8.36. The highest BCUT2D eigenvalue weighted by Gasteiger charge is 2.59. The van der Waals surface area contributed by atoms with Gasteiger partial charge in [-0.05, 0) is 60.8 Å². The van der Waals surface area contributed by atoms with Crippen molar-refractivity contribution in [2.75, 3.05) is 4.90 Å². The second-order valence-corrected chi connectivity index (χ2v) is 8.72. The molecule has 2 aliphatic carbocycles. The highest BCUT2D eigenvalue weighted by atomic mass is 35.5. The van der Waals surface area contributed by atoms with Crippen LogP contribution in [-0.4, -0.2) is 32.1 Å². The molecule has 0 bridgehead atoms. The number of aromatic nitrogens is 4. The lowest BCUT2D eigenvalue weighted by Gasteiger charge is -2.19. The average molecular weight is 406 g/mol. The third kappa shape index (κ3) is 2.94. The summed E-state index contributed by atoms with van der Waals surface area (Å²) in [6, 6.07) is 8.23. The van der Waals surface area contributed by atoms with Gasteiger partial charge in [0.25, 0.3) is 0 Å². The van der Waals surface area contributed by atoms with Crippen LogP contribution in [0.1, 0.15) is 36.3 Å². The van der Waals surface area contributed by atoms with Crippen molar-refractivity contribution < 1.29 is 4.79 Å². The van der Waals surface area contributed by atoms with Gasteiger partial charge in [-0.1, -0.05) is 17.7 Å². The SMILES string of the molecule is O=C1C(Cc2cnc(Cl)c(C3CC3)c2)C2CC2N1c1cc(-c2ccncc2)n[nH]1. The van der Waals surface area contributed by atoms with Crippen molar-refractivity contribution in [3.63, 3.8) is 0 Å². The van der Waals surface area contributed by atoms with E-state index < -0.39 is 0 Å². The maximum Gasteiger partial charge on any atom is 0.232 e. The fourth-order valence-corrected chi connectivity index (χ4v) is 4.91. The van der Waals surface area contributed by atoms with Gasteiger partial charge < -0.3 is 0 Å². The Kier molecular flexibility index (Phi) is 3.78. The van der Waals surface area contributed by atoms with E-state index >= 15 is 0 Å². The molecule has 1 aliphatic heterocycles. The standard InChI is InChI=1S/C22H20ClN5O/c23-21-15(13-1-2-13)7-12(11-25-21)8-17-16-9-19(16)28(22(17)29)20-10-18(26-27-20)14-3-5-24-6-4-14/h3-7,10-11,13,16-17,19H,1-2,8-9H2,(H,26,27). The van der Waals surface area contributed by atoms with Gasteiger partial charge in [-0.3, -0.25) is 19.8 Å². The zero-order valence-electron chi connectivity index (χ0n) is 15.8. The zero-order valence-corrected chi connectivity index (χ0v) is 16.5. The molecule has 3 atom stereocenters. The first kappa shape index (κ1) is 17.2. The van der Waals surface area contributed by atoms with Crippen molar-refractivity contribution in [1.82, 2.24) is 20.2 Å². The van der Waals surface area contributed by atoms with Gasteiger partial charge in [0.1, 0.15) is 11.0 Å². The lowest BCUT2D eigenvalue weighted by atomic mass is 9.95. The first-order valence-electron chi connectivity index (χ1n) is 10.1. The third-order valence-corrected chi connectivity index (χ3v) is 6.72. The minimum atomic E-state index is 0.00250. The molecular weight excluding hydrogens is 386 g/mol. The molecule has 3 aliphatic rings. The molecule has 3 aromatic rings.